The number of nitrogens with zero attached hydrogens (tertiary/aromatic N) is 1. The maximum Gasteiger partial charge on any atom is 0.329 e. The lowest BCUT2D eigenvalue weighted by atomic mass is 10.1. The summed E-state index contributed by atoms with van der Waals surface area (Å²) in [6.45, 7) is 9.09. The van der Waals surface area contributed by atoms with Crippen molar-refractivity contribution < 1.29 is 14.3 Å². The van der Waals surface area contributed by atoms with Crippen molar-refractivity contribution in [3.05, 3.63) is 0 Å². The highest BCUT2D eigenvalue weighted by Crippen LogP contribution is 2.30. The summed E-state index contributed by atoms with van der Waals surface area (Å²) in [5, 5.41) is 3.30. The number of ether oxygens (including phenoxy) is 1. The van der Waals surface area contributed by atoms with Crippen molar-refractivity contribution in [1.82, 2.24) is 10.2 Å². The summed E-state index contributed by atoms with van der Waals surface area (Å²) in [5.41, 5.74) is -0.506. The molecule has 0 unspecified atom stereocenters. The molecule has 5 heteroatoms. The van der Waals surface area contributed by atoms with Gasteiger partial charge < -0.3 is 15.0 Å². The third-order valence-electron chi connectivity index (χ3n) is 3.96. The van der Waals surface area contributed by atoms with Crippen molar-refractivity contribution in [3.63, 3.8) is 0 Å². The predicted molar refractivity (Wildman–Crippen MR) is 76.2 cm³/mol. The number of amides is 1. The van der Waals surface area contributed by atoms with Crippen LogP contribution in [0.1, 0.15) is 47.0 Å². The fraction of sp³-hybridized carbons (Fsp3) is 0.867. The Morgan fingerprint density at radius 1 is 1.30 bits per heavy atom. The molecule has 2 heterocycles. The minimum atomic E-state index is -0.506. The average molecular weight is 282 g/mol. The molecule has 2 aliphatic heterocycles. The van der Waals surface area contributed by atoms with E-state index in [1.54, 1.807) is 4.90 Å². The SMILES string of the molecule is C[C@H]1CNCC[C@H]2CC[C@@H](C(=O)OC(C)(C)C)N2C1=O. The van der Waals surface area contributed by atoms with Gasteiger partial charge >= 0.3 is 5.97 Å². The monoisotopic (exact) mass is 282 g/mol. The Morgan fingerprint density at radius 3 is 2.65 bits per heavy atom. The summed E-state index contributed by atoms with van der Waals surface area (Å²) in [4.78, 5) is 26.7. The third kappa shape index (κ3) is 3.32. The van der Waals surface area contributed by atoms with Gasteiger partial charge in [-0.05, 0) is 46.6 Å². The summed E-state index contributed by atoms with van der Waals surface area (Å²) < 4.78 is 5.48. The molecule has 2 fully saturated rings. The number of hydrogen-bond donors (Lipinski definition) is 1. The summed E-state index contributed by atoms with van der Waals surface area (Å²) in [5.74, 6) is -0.259. The zero-order valence-corrected chi connectivity index (χ0v) is 12.9. The molecule has 0 aromatic carbocycles. The van der Waals surface area contributed by atoms with Gasteiger partial charge in [0.15, 0.2) is 0 Å². The molecule has 1 amide bonds. The third-order valence-corrected chi connectivity index (χ3v) is 3.96. The van der Waals surface area contributed by atoms with Crippen LogP contribution in [-0.2, 0) is 14.3 Å². The van der Waals surface area contributed by atoms with Crippen LogP contribution in [0.4, 0.5) is 0 Å². The molecular formula is C15H26N2O3. The summed E-state index contributed by atoms with van der Waals surface area (Å²) >= 11 is 0. The second kappa shape index (κ2) is 5.72. The van der Waals surface area contributed by atoms with Crippen LogP contribution in [-0.4, -0.2) is 47.6 Å². The van der Waals surface area contributed by atoms with Gasteiger partial charge in [-0.25, -0.2) is 4.79 Å². The number of nitrogens with one attached hydrogen (secondary N) is 1. The molecule has 20 heavy (non-hydrogen) atoms. The van der Waals surface area contributed by atoms with E-state index in [2.05, 4.69) is 5.32 Å². The van der Waals surface area contributed by atoms with Gasteiger partial charge in [-0.3, -0.25) is 4.79 Å². The fourth-order valence-electron chi connectivity index (χ4n) is 3.03. The van der Waals surface area contributed by atoms with Crippen molar-refractivity contribution in [2.24, 2.45) is 5.92 Å². The van der Waals surface area contributed by atoms with Crippen LogP contribution in [0.15, 0.2) is 0 Å². The molecule has 0 bridgehead atoms. The first-order valence-electron chi connectivity index (χ1n) is 7.55. The van der Waals surface area contributed by atoms with Crippen molar-refractivity contribution in [1.29, 1.82) is 0 Å². The van der Waals surface area contributed by atoms with E-state index in [0.717, 1.165) is 25.8 Å². The molecule has 3 atom stereocenters. The molecule has 2 saturated heterocycles. The first-order valence-corrected chi connectivity index (χ1v) is 7.55. The van der Waals surface area contributed by atoms with Crippen LogP contribution in [0.25, 0.3) is 0 Å². The van der Waals surface area contributed by atoms with E-state index in [1.165, 1.54) is 0 Å². The van der Waals surface area contributed by atoms with E-state index in [9.17, 15) is 9.59 Å². The number of carbonyl (C=O) groups is 2. The zero-order valence-electron chi connectivity index (χ0n) is 12.9. The zero-order chi connectivity index (χ0) is 14.9. The molecule has 0 aliphatic carbocycles. The van der Waals surface area contributed by atoms with E-state index in [0.29, 0.717) is 6.54 Å². The molecule has 114 valence electrons. The molecular weight excluding hydrogens is 256 g/mol. The second-order valence-corrected chi connectivity index (χ2v) is 6.92. The molecule has 0 spiro atoms. The minimum Gasteiger partial charge on any atom is -0.458 e. The van der Waals surface area contributed by atoms with Crippen molar-refractivity contribution in [3.8, 4) is 0 Å². The van der Waals surface area contributed by atoms with Crippen LogP contribution >= 0.6 is 0 Å². The van der Waals surface area contributed by atoms with Crippen molar-refractivity contribution >= 4 is 11.9 Å². The van der Waals surface area contributed by atoms with Gasteiger partial charge in [-0.15, -0.1) is 0 Å². The highest BCUT2D eigenvalue weighted by atomic mass is 16.6. The number of fused-ring (bicyclic) bond motifs is 1. The van der Waals surface area contributed by atoms with E-state index in [-0.39, 0.29) is 23.8 Å². The smallest absolute Gasteiger partial charge is 0.329 e. The Kier molecular flexibility index (Phi) is 4.37. The largest absolute Gasteiger partial charge is 0.458 e. The van der Waals surface area contributed by atoms with Crippen LogP contribution in [0.2, 0.25) is 0 Å². The molecule has 5 nitrogen and oxygen atoms in total. The van der Waals surface area contributed by atoms with Gasteiger partial charge in [-0.2, -0.15) is 0 Å². The molecule has 0 aromatic rings. The Labute approximate surface area is 121 Å². The maximum absolute atomic E-state index is 12.5. The fourth-order valence-corrected chi connectivity index (χ4v) is 3.03. The Morgan fingerprint density at radius 2 is 2.00 bits per heavy atom. The molecule has 2 aliphatic rings. The van der Waals surface area contributed by atoms with Gasteiger partial charge in [0.1, 0.15) is 11.6 Å². The van der Waals surface area contributed by atoms with Gasteiger partial charge in [-0.1, -0.05) is 6.92 Å². The summed E-state index contributed by atoms with van der Waals surface area (Å²) in [7, 11) is 0. The van der Waals surface area contributed by atoms with E-state index >= 15 is 0 Å². The van der Waals surface area contributed by atoms with Gasteiger partial charge in [0.2, 0.25) is 5.91 Å². The number of carbonyl (C=O) groups excluding carboxylic acids is 2. The number of hydrogen-bond acceptors (Lipinski definition) is 4. The van der Waals surface area contributed by atoms with Gasteiger partial charge in [0.25, 0.3) is 0 Å². The maximum atomic E-state index is 12.5. The first kappa shape index (κ1) is 15.3. The topological polar surface area (TPSA) is 58.6 Å². The van der Waals surface area contributed by atoms with Crippen LogP contribution in [0, 0.1) is 5.92 Å². The van der Waals surface area contributed by atoms with E-state index < -0.39 is 11.6 Å². The quantitative estimate of drug-likeness (QED) is 0.737. The number of rotatable bonds is 1. The van der Waals surface area contributed by atoms with Crippen LogP contribution < -0.4 is 5.32 Å². The molecule has 1 N–H and O–H groups in total. The van der Waals surface area contributed by atoms with Gasteiger partial charge in [0.05, 0.1) is 0 Å². The summed E-state index contributed by atoms with van der Waals surface area (Å²) in [6.07, 6.45) is 2.53. The standard InChI is InChI=1S/C15H26N2O3/c1-10-9-16-8-7-11-5-6-12(17(11)13(10)18)14(19)20-15(2,3)4/h10-12,16H,5-9H2,1-4H3/t10-,11+,12-/m0/s1. The van der Waals surface area contributed by atoms with E-state index in [1.807, 2.05) is 27.7 Å². The highest BCUT2D eigenvalue weighted by Gasteiger charge is 2.44. The van der Waals surface area contributed by atoms with Gasteiger partial charge in [0, 0.05) is 18.5 Å². The lowest BCUT2D eigenvalue weighted by molar-refractivity contribution is -0.165. The predicted octanol–water partition coefficient (Wildman–Crippen LogP) is 1.32. The van der Waals surface area contributed by atoms with Crippen LogP contribution in [0.5, 0.6) is 0 Å². The first-order chi connectivity index (χ1) is 9.29. The van der Waals surface area contributed by atoms with Crippen molar-refractivity contribution in [2.75, 3.05) is 13.1 Å². The summed E-state index contributed by atoms with van der Waals surface area (Å²) in [6, 6.07) is -0.220. The van der Waals surface area contributed by atoms with E-state index in [4.69, 9.17) is 4.74 Å². The van der Waals surface area contributed by atoms with Crippen LogP contribution in [0.3, 0.4) is 0 Å². The molecule has 0 aromatic heterocycles. The molecule has 0 saturated carbocycles. The minimum absolute atomic E-state index is 0.0792. The molecule has 2 rings (SSSR count). The molecule has 0 radical (unpaired) electrons. The normalized spacial score (nSPS) is 31.5. The second-order valence-electron chi connectivity index (χ2n) is 6.92. The Bertz CT molecular complexity index is 389. The lowest BCUT2D eigenvalue weighted by Crippen LogP contribution is -2.52. The average Bonchev–Trinajstić information content (AvgIpc) is 2.73. The Hall–Kier alpha value is -1.10. The number of esters is 1. The highest BCUT2D eigenvalue weighted by molar-refractivity contribution is 5.87. The van der Waals surface area contributed by atoms with Crippen molar-refractivity contribution in [2.45, 2.75) is 64.6 Å². The Balaban J connectivity index is 2.14. The lowest BCUT2D eigenvalue weighted by Gasteiger charge is -2.34.